The number of benzene rings is 1. The molecule has 140 valence electrons. The second-order valence-corrected chi connectivity index (χ2v) is 6.07. The van der Waals surface area contributed by atoms with Crippen molar-refractivity contribution in [3.05, 3.63) is 29.8 Å². The topological polar surface area (TPSA) is 53.0 Å². The van der Waals surface area contributed by atoms with E-state index in [0.29, 0.717) is 31.8 Å². The largest absolute Gasteiger partial charge is 0.416 e. The molecular formula is C17H23F3N2O3. The van der Waals surface area contributed by atoms with Crippen LogP contribution in [0.1, 0.15) is 18.9 Å². The molecular weight excluding hydrogens is 337 g/mol. The van der Waals surface area contributed by atoms with Crippen molar-refractivity contribution in [2.75, 3.05) is 38.3 Å². The Hall–Kier alpha value is -1.80. The molecule has 8 heteroatoms. The molecule has 0 spiro atoms. The summed E-state index contributed by atoms with van der Waals surface area (Å²) in [7, 11) is 1.52. The highest BCUT2D eigenvalue weighted by molar-refractivity contribution is 5.86. The highest BCUT2D eigenvalue weighted by Crippen LogP contribution is 2.32. The minimum atomic E-state index is -4.42. The summed E-state index contributed by atoms with van der Waals surface area (Å²) in [4.78, 5) is 16.0. The van der Waals surface area contributed by atoms with Gasteiger partial charge in [0.25, 0.3) is 0 Å². The number of aliphatic hydroxyl groups is 1. The maximum atomic E-state index is 12.9. The summed E-state index contributed by atoms with van der Waals surface area (Å²) < 4.78 is 43.9. The lowest BCUT2D eigenvalue weighted by molar-refractivity contribution is -0.138. The van der Waals surface area contributed by atoms with Gasteiger partial charge in [-0.2, -0.15) is 13.2 Å². The number of hydrogen-bond acceptors (Lipinski definition) is 4. The number of anilines is 1. The average Bonchev–Trinajstić information content (AvgIpc) is 2.56. The third-order valence-electron chi connectivity index (χ3n) is 4.46. The van der Waals surface area contributed by atoms with Gasteiger partial charge >= 0.3 is 6.18 Å². The van der Waals surface area contributed by atoms with Crippen molar-refractivity contribution in [1.29, 1.82) is 0 Å². The van der Waals surface area contributed by atoms with Gasteiger partial charge in [-0.15, -0.1) is 0 Å². The van der Waals surface area contributed by atoms with Gasteiger partial charge < -0.3 is 19.6 Å². The lowest BCUT2D eigenvalue weighted by atomic mass is 10.1. The highest BCUT2D eigenvalue weighted by atomic mass is 19.4. The Bertz CT molecular complexity index is 589. The van der Waals surface area contributed by atoms with E-state index in [1.54, 1.807) is 22.8 Å². The Morgan fingerprint density at radius 1 is 1.36 bits per heavy atom. The van der Waals surface area contributed by atoms with Crippen molar-refractivity contribution >= 4 is 11.6 Å². The minimum Gasteiger partial charge on any atom is -0.396 e. The zero-order valence-corrected chi connectivity index (χ0v) is 14.3. The predicted molar refractivity (Wildman–Crippen MR) is 87.3 cm³/mol. The fourth-order valence-electron chi connectivity index (χ4n) is 3.14. The van der Waals surface area contributed by atoms with Crippen LogP contribution < -0.4 is 4.90 Å². The molecule has 0 aromatic heterocycles. The molecule has 1 amide bonds. The number of piperazine rings is 1. The normalized spacial score (nSPS) is 20.1. The Labute approximate surface area is 145 Å². The molecule has 1 heterocycles. The molecule has 1 aromatic carbocycles. The number of alkyl halides is 3. The Morgan fingerprint density at radius 3 is 2.68 bits per heavy atom. The van der Waals surface area contributed by atoms with Crippen LogP contribution in [-0.2, 0) is 15.7 Å². The summed E-state index contributed by atoms with van der Waals surface area (Å²) in [6, 6.07) is 4.18. The number of ether oxygens (including phenoxy) is 1. The quantitative estimate of drug-likeness (QED) is 0.845. The van der Waals surface area contributed by atoms with Gasteiger partial charge in [-0.3, -0.25) is 4.79 Å². The fraction of sp³-hybridized carbons (Fsp3) is 0.588. The molecule has 1 N–H and O–H groups in total. The number of carbonyl (C=O) groups excluding carboxylic acids is 1. The third-order valence-corrected chi connectivity index (χ3v) is 4.46. The third kappa shape index (κ3) is 4.43. The zero-order valence-electron chi connectivity index (χ0n) is 14.3. The standard InChI is InChI=1S/C17H23F3N2O3/c1-12-16(24)22(15(6-9-23)11-25-2)8-7-21(12)14-5-3-4-13(10-14)17(18,19)20/h3-5,10,12,15,23H,6-9,11H2,1-2H3. The number of nitrogens with zero attached hydrogens (tertiary/aromatic N) is 2. The van der Waals surface area contributed by atoms with Gasteiger partial charge in [-0.25, -0.2) is 0 Å². The van der Waals surface area contributed by atoms with Crippen molar-refractivity contribution in [3.8, 4) is 0 Å². The average molecular weight is 360 g/mol. The summed E-state index contributed by atoms with van der Waals surface area (Å²) >= 11 is 0. The van der Waals surface area contributed by atoms with Crippen LogP contribution in [0.5, 0.6) is 0 Å². The van der Waals surface area contributed by atoms with Gasteiger partial charge in [-0.05, 0) is 31.5 Å². The predicted octanol–water partition coefficient (Wildman–Crippen LogP) is 2.14. The molecule has 0 radical (unpaired) electrons. The molecule has 1 aliphatic heterocycles. The van der Waals surface area contributed by atoms with Crippen LogP contribution in [0.3, 0.4) is 0 Å². The Morgan fingerprint density at radius 2 is 2.08 bits per heavy atom. The molecule has 2 atom stereocenters. The summed E-state index contributed by atoms with van der Waals surface area (Å²) in [6.45, 7) is 2.71. The van der Waals surface area contributed by atoms with E-state index >= 15 is 0 Å². The van der Waals surface area contributed by atoms with Gasteiger partial charge in [0.15, 0.2) is 0 Å². The maximum absolute atomic E-state index is 12.9. The number of halogens is 3. The van der Waals surface area contributed by atoms with Crippen molar-refractivity contribution < 1.29 is 27.8 Å². The van der Waals surface area contributed by atoms with Crippen LogP contribution in [0.4, 0.5) is 18.9 Å². The number of methoxy groups -OCH3 is 1. The molecule has 5 nitrogen and oxygen atoms in total. The van der Waals surface area contributed by atoms with Gasteiger partial charge in [-0.1, -0.05) is 6.07 Å². The molecule has 2 rings (SSSR count). The van der Waals surface area contributed by atoms with Crippen LogP contribution >= 0.6 is 0 Å². The summed E-state index contributed by atoms with van der Waals surface area (Å²) in [6.07, 6.45) is -4.02. The lowest BCUT2D eigenvalue weighted by Gasteiger charge is -2.43. The smallest absolute Gasteiger partial charge is 0.396 e. The molecule has 1 aliphatic rings. The lowest BCUT2D eigenvalue weighted by Crippen LogP contribution is -2.59. The summed E-state index contributed by atoms with van der Waals surface area (Å²) in [5.41, 5.74) is -0.356. The number of rotatable bonds is 6. The molecule has 1 saturated heterocycles. The summed E-state index contributed by atoms with van der Waals surface area (Å²) in [5, 5.41) is 9.17. The first-order valence-electron chi connectivity index (χ1n) is 8.13. The van der Waals surface area contributed by atoms with E-state index in [1.165, 1.54) is 13.2 Å². The van der Waals surface area contributed by atoms with E-state index in [-0.39, 0.29) is 18.6 Å². The number of aliphatic hydroxyl groups excluding tert-OH is 1. The van der Waals surface area contributed by atoms with Crippen molar-refractivity contribution in [2.45, 2.75) is 31.6 Å². The second kappa shape index (κ2) is 8.05. The van der Waals surface area contributed by atoms with E-state index in [4.69, 9.17) is 4.74 Å². The highest BCUT2D eigenvalue weighted by Gasteiger charge is 2.36. The van der Waals surface area contributed by atoms with Gasteiger partial charge in [0.2, 0.25) is 5.91 Å². The van der Waals surface area contributed by atoms with E-state index in [9.17, 15) is 23.1 Å². The zero-order chi connectivity index (χ0) is 18.6. The van der Waals surface area contributed by atoms with Crippen LogP contribution in [0.25, 0.3) is 0 Å². The molecule has 0 aliphatic carbocycles. The summed E-state index contributed by atoms with van der Waals surface area (Å²) in [5.74, 6) is -0.181. The van der Waals surface area contributed by atoms with Gasteiger partial charge in [0, 0.05) is 32.5 Å². The van der Waals surface area contributed by atoms with Crippen LogP contribution in [0.2, 0.25) is 0 Å². The minimum absolute atomic E-state index is 0.0659. The van der Waals surface area contributed by atoms with E-state index in [2.05, 4.69) is 0 Å². The van der Waals surface area contributed by atoms with E-state index in [1.807, 2.05) is 0 Å². The molecule has 1 aromatic rings. The van der Waals surface area contributed by atoms with Gasteiger partial charge in [0.1, 0.15) is 6.04 Å². The molecule has 25 heavy (non-hydrogen) atoms. The number of hydrogen-bond donors (Lipinski definition) is 1. The molecule has 0 saturated carbocycles. The van der Waals surface area contributed by atoms with Gasteiger partial charge in [0.05, 0.1) is 18.2 Å². The SMILES string of the molecule is COCC(CCO)N1CCN(c2cccc(C(F)(F)F)c2)C(C)C1=O. The Kier molecular flexibility index (Phi) is 6.29. The van der Waals surface area contributed by atoms with E-state index < -0.39 is 17.8 Å². The van der Waals surface area contributed by atoms with Crippen molar-refractivity contribution in [3.63, 3.8) is 0 Å². The first-order chi connectivity index (χ1) is 11.8. The monoisotopic (exact) mass is 360 g/mol. The van der Waals surface area contributed by atoms with Crippen LogP contribution in [0.15, 0.2) is 24.3 Å². The van der Waals surface area contributed by atoms with Crippen LogP contribution in [0, 0.1) is 0 Å². The van der Waals surface area contributed by atoms with E-state index in [0.717, 1.165) is 12.1 Å². The van der Waals surface area contributed by atoms with Crippen molar-refractivity contribution in [2.24, 2.45) is 0 Å². The molecule has 0 bridgehead atoms. The number of amides is 1. The van der Waals surface area contributed by atoms with Crippen LogP contribution in [-0.4, -0.2) is 61.4 Å². The fourth-order valence-corrected chi connectivity index (χ4v) is 3.14. The number of carbonyl (C=O) groups is 1. The maximum Gasteiger partial charge on any atom is 0.416 e. The first kappa shape index (κ1) is 19.5. The molecule has 1 fully saturated rings. The Balaban J connectivity index is 2.19. The first-order valence-corrected chi connectivity index (χ1v) is 8.13. The molecule has 2 unspecified atom stereocenters. The second-order valence-electron chi connectivity index (χ2n) is 6.07. The van der Waals surface area contributed by atoms with Crippen molar-refractivity contribution in [1.82, 2.24) is 4.90 Å².